The van der Waals surface area contributed by atoms with Crippen LogP contribution in [0.3, 0.4) is 0 Å². The molecule has 0 saturated heterocycles. The summed E-state index contributed by atoms with van der Waals surface area (Å²) in [6.45, 7) is 6.45. The van der Waals surface area contributed by atoms with Crippen LogP contribution in [0.1, 0.15) is 62.4 Å². The van der Waals surface area contributed by atoms with Crippen molar-refractivity contribution in [3.05, 3.63) is 118 Å². The van der Waals surface area contributed by atoms with Crippen molar-refractivity contribution in [3.63, 3.8) is 0 Å². The van der Waals surface area contributed by atoms with Crippen LogP contribution in [-0.2, 0) is 17.7 Å². The summed E-state index contributed by atoms with van der Waals surface area (Å²) in [5.74, 6) is 0.988. The quantitative estimate of drug-likeness (QED) is 0.260. The zero-order valence-corrected chi connectivity index (χ0v) is 24.2. The molecule has 0 radical (unpaired) electrons. The maximum atomic E-state index is 13.9. The van der Waals surface area contributed by atoms with E-state index in [1.807, 2.05) is 78.9 Å². The van der Waals surface area contributed by atoms with Gasteiger partial charge in [-0.15, -0.1) is 0 Å². The first-order valence-electron chi connectivity index (χ1n) is 14.4. The highest BCUT2D eigenvalue weighted by atomic mass is 16.7. The van der Waals surface area contributed by atoms with Gasteiger partial charge >= 0.3 is 0 Å². The second kappa shape index (κ2) is 13.4. The first-order valence-corrected chi connectivity index (χ1v) is 14.4. The second-order valence-corrected chi connectivity index (χ2v) is 10.1. The fraction of sp³-hybridized carbons (Fsp3) is 0.273. The Morgan fingerprint density at radius 3 is 2.21 bits per heavy atom. The Morgan fingerprint density at radius 1 is 0.881 bits per heavy atom. The Labute approximate surface area is 245 Å². The average molecular weight is 565 g/mol. The molecule has 1 aliphatic heterocycles. The van der Waals surface area contributed by atoms with Crippen molar-refractivity contribution in [2.75, 3.05) is 0 Å². The molecule has 2 aromatic heterocycles. The van der Waals surface area contributed by atoms with Gasteiger partial charge in [0.15, 0.2) is 5.84 Å². The van der Waals surface area contributed by atoms with E-state index in [1.54, 1.807) is 9.08 Å². The van der Waals surface area contributed by atoms with Crippen molar-refractivity contribution < 1.29 is 9.94 Å². The molecule has 0 amide bonds. The van der Waals surface area contributed by atoms with Gasteiger partial charge in [-0.25, -0.2) is 24.4 Å². The Hall–Kier alpha value is -4.60. The van der Waals surface area contributed by atoms with Crippen LogP contribution in [0.5, 0.6) is 0 Å². The van der Waals surface area contributed by atoms with Gasteiger partial charge in [0.1, 0.15) is 6.33 Å². The number of aliphatic imine (C=N–C) groups is 1. The lowest BCUT2D eigenvalue weighted by Crippen LogP contribution is -2.28. The maximum absolute atomic E-state index is 13.9. The fourth-order valence-electron chi connectivity index (χ4n) is 4.88. The molecule has 0 spiro atoms. The number of aromatic nitrogens is 4. The molecule has 3 aromatic carbocycles. The number of unbranched alkanes of at least 4 members (excludes halogenated alkanes) is 1. The Bertz CT molecular complexity index is 1720. The van der Waals surface area contributed by atoms with Crippen LogP contribution < -0.4 is 11.0 Å². The lowest BCUT2D eigenvalue weighted by Gasteiger charge is -2.16. The number of rotatable bonds is 8. The second-order valence-electron chi connectivity index (χ2n) is 10.1. The zero-order chi connectivity index (χ0) is 29.5. The lowest BCUT2D eigenvalue weighted by molar-refractivity contribution is -0.102. The molecule has 9 heteroatoms. The summed E-state index contributed by atoms with van der Waals surface area (Å²) in [6, 6.07) is 25.5. The summed E-state index contributed by atoms with van der Waals surface area (Å²) in [6.07, 6.45) is 4.97. The average Bonchev–Trinajstić information content (AvgIpc) is 3.69. The van der Waals surface area contributed by atoms with Crippen molar-refractivity contribution in [3.8, 4) is 16.8 Å². The number of nitrogens with one attached hydrogen (secondary N) is 1. The molecular formula is C33H36N6O3. The van der Waals surface area contributed by atoms with Gasteiger partial charge in [0.25, 0.3) is 12.0 Å². The van der Waals surface area contributed by atoms with Gasteiger partial charge in [-0.2, -0.15) is 10.1 Å². The monoisotopic (exact) mass is 564 g/mol. The van der Waals surface area contributed by atoms with Gasteiger partial charge in [0.2, 0.25) is 5.78 Å². The summed E-state index contributed by atoms with van der Waals surface area (Å²) < 4.78 is 3.43. The summed E-state index contributed by atoms with van der Waals surface area (Å²) in [5.41, 5.74) is 8.71. The molecule has 1 atom stereocenters. The van der Waals surface area contributed by atoms with Crippen LogP contribution >= 0.6 is 0 Å². The zero-order valence-electron chi connectivity index (χ0n) is 24.2. The minimum atomic E-state index is -1.22. The largest absolute Gasteiger partial charge is 0.348 e. The van der Waals surface area contributed by atoms with E-state index in [0.29, 0.717) is 30.0 Å². The van der Waals surface area contributed by atoms with E-state index in [-0.39, 0.29) is 5.56 Å². The number of hydrogen-bond acceptors (Lipinski definition) is 7. The number of benzene rings is 3. The van der Waals surface area contributed by atoms with Crippen LogP contribution in [0.25, 0.3) is 22.6 Å². The summed E-state index contributed by atoms with van der Waals surface area (Å²) >= 11 is 0. The number of para-hydroxylation sites is 1. The van der Waals surface area contributed by atoms with Crippen molar-refractivity contribution >= 4 is 11.6 Å². The van der Waals surface area contributed by atoms with Crippen LogP contribution in [0.4, 0.5) is 0 Å². The first-order chi connectivity index (χ1) is 20.5. The van der Waals surface area contributed by atoms with Crippen molar-refractivity contribution in [2.24, 2.45) is 4.99 Å². The van der Waals surface area contributed by atoms with Crippen LogP contribution in [0.15, 0.2) is 95.0 Å². The Balaban J connectivity index is 0.000000830. The minimum Gasteiger partial charge on any atom is -0.348 e. The standard InChI is InChI=1S/C29H26N6O3.C4H10/c1-2-8-25-24(27(36)34(21-9-4-3-5-10-21)28-30-18-31-35(25)28)17-19-13-15-20(16-14-19)22-11-6-7-12-23(22)26-32-29(37)38-33-26;1-3-4-2/h3-7,9-16,18,29,37H,2,8,17H2,1H3,(H,32,33);3-4H2,1-2H3. The normalized spacial score (nSPS) is 14.3. The van der Waals surface area contributed by atoms with E-state index in [9.17, 15) is 9.90 Å². The molecule has 42 heavy (non-hydrogen) atoms. The van der Waals surface area contributed by atoms with Crippen LogP contribution in [0, 0.1) is 0 Å². The van der Waals surface area contributed by atoms with Gasteiger partial charge in [-0.1, -0.05) is 107 Å². The summed E-state index contributed by atoms with van der Waals surface area (Å²) in [5, 5.41) is 14.1. The number of amidine groups is 1. The molecule has 2 N–H and O–H groups in total. The van der Waals surface area contributed by atoms with E-state index in [1.165, 1.54) is 19.2 Å². The minimum absolute atomic E-state index is 0.0848. The van der Waals surface area contributed by atoms with E-state index < -0.39 is 6.41 Å². The van der Waals surface area contributed by atoms with Crippen molar-refractivity contribution in [2.45, 2.75) is 59.3 Å². The number of nitrogens with zero attached hydrogens (tertiary/aromatic N) is 5. The van der Waals surface area contributed by atoms with Gasteiger partial charge in [0.05, 0.1) is 11.4 Å². The molecule has 0 saturated carbocycles. The third kappa shape index (κ3) is 6.02. The van der Waals surface area contributed by atoms with Crippen LogP contribution in [-0.4, -0.2) is 36.5 Å². The molecule has 0 bridgehead atoms. The molecule has 9 nitrogen and oxygen atoms in total. The highest BCUT2D eigenvalue weighted by Crippen LogP contribution is 2.26. The lowest BCUT2D eigenvalue weighted by atomic mass is 9.96. The molecule has 1 unspecified atom stereocenters. The van der Waals surface area contributed by atoms with Crippen molar-refractivity contribution in [1.82, 2.24) is 24.6 Å². The number of hydroxylamine groups is 1. The maximum Gasteiger partial charge on any atom is 0.280 e. The SMILES string of the molecule is CCCC.CCCc1c(Cc2ccc(-c3ccccc3C3=NC(O)ON3)cc2)c(=O)n(-c2ccccc2)c2ncnn12. The molecule has 3 heterocycles. The highest BCUT2D eigenvalue weighted by Gasteiger charge is 2.21. The topological polar surface area (TPSA) is 106 Å². The highest BCUT2D eigenvalue weighted by molar-refractivity contribution is 6.04. The number of aliphatic hydroxyl groups is 1. The van der Waals surface area contributed by atoms with Crippen LogP contribution in [0.2, 0.25) is 0 Å². The number of aliphatic hydroxyl groups excluding tert-OH is 1. The van der Waals surface area contributed by atoms with E-state index >= 15 is 0 Å². The molecule has 0 fully saturated rings. The molecule has 5 aromatic rings. The number of hydrogen-bond donors (Lipinski definition) is 2. The number of aryl methyl sites for hydroxylation is 1. The molecular weight excluding hydrogens is 528 g/mol. The summed E-state index contributed by atoms with van der Waals surface area (Å²) in [7, 11) is 0. The molecule has 6 rings (SSSR count). The Kier molecular flexibility index (Phi) is 9.21. The third-order valence-corrected chi connectivity index (χ3v) is 7.12. The van der Waals surface area contributed by atoms with Crippen molar-refractivity contribution in [1.29, 1.82) is 0 Å². The smallest absolute Gasteiger partial charge is 0.280 e. The fourth-order valence-corrected chi connectivity index (χ4v) is 4.88. The first kappa shape index (κ1) is 28.9. The van der Waals surface area contributed by atoms with Gasteiger partial charge in [-0.3, -0.25) is 4.79 Å². The van der Waals surface area contributed by atoms with Gasteiger partial charge in [0, 0.05) is 17.5 Å². The van der Waals surface area contributed by atoms with Gasteiger partial charge < -0.3 is 5.11 Å². The molecule has 0 aliphatic carbocycles. The van der Waals surface area contributed by atoms with Gasteiger partial charge in [-0.05, 0) is 35.2 Å². The van der Waals surface area contributed by atoms with E-state index in [2.05, 4.69) is 41.3 Å². The predicted molar refractivity (Wildman–Crippen MR) is 165 cm³/mol. The predicted octanol–water partition coefficient (Wildman–Crippen LogP) is 5.45. The van der Waals surface area contributed by atoms with E-state index in [4.69, 9.17) is 4.84 Å². The van der Waals surface area contributed by atoms with E-state index in [0.717, 1.165) is 40.1 Å². The summed E-state index contributed by atoms with van der Waals surface area (Å²) in [4.78, 5) is 27.4. The third-order valence-electron chi connectivity index (χ3n) is 7.12. The number of fused-ring (bicyclic) bond motifs is 1. The Morgan fingerprint density at radius 2 is 1.57 bits per heavy atom. The molecule has 1 aliphatic rings. The molecule has 216 valence electrons.